The summed E-state index contributed by atoms with van der Waals surface area (Å²) in [5.74, 6) is -7.91. The van der Waals surface area contributed by atoms with Crippen LogP contribution in [-0.4, -0.2) is 199 Å². The highest BCUT2D eigenvalue weighted by molar-refractivity contribution is 7.80. The summed E-state index contributed by atoms with van der Waals surface area (Å²) in [4.78, 5) is 78.5. The maximum atomic E-state index is 14.2. The molecule has 4 aliphatic rings. The van der Waals surface area contributed by atoms with Gasteiger partial charge in [-0.2, -0.15) is 8.42 Å². The zero-order valence-electron chi connectivity index (χ0n) is 60.7. The van der Waals surface area contributed by atoms with Gasteiger partial charge in [-0.1, -0.05) is 118 Å². The van der Waals surface area contributed by atoms with E-state index in [1.54, 1.807) is 68.4 Å². The lowest BCUT2D eigenvalue weighted by atomic mass is 9.74. The van der Waals surface area contributed by atoms with Crippen molar-refractivity contribution in [2.75, 3.05) is 42.0 Å². The van der Waals surface area contributed by atoms with E-state index in [-0.39, 0.29) is 66.8 Å². The zero-order chi connectivity index (χ0) is 73.7. The minimum Gasteiger partial charge on any atom is -0.466 e. The first-order chi connectivity index (χ1) is 45.2. The highest BCUT2D eigenvalue weighted by Crippen LogP contribution is 2.44. The number of rotatable bonds is 25. The summed E-state index contributed by atoms with van der Waals surface area (Å²) >= 11 is 0. The van der Waals surface area contributed by atoms with Crippen molar-refractivity contribution in [3.63, 3.8) is 0 Å². The largest absolute Gasteiger partial charge is 0.466 e. The van der Waals surface area contributed by atoms with Crippen LogP contribution in [-0.2, 0) is 81.2 Å². The third-order valence-electron chi connectivity index (χ3n) is 19.1. The summed E-state index contributed by atoms with van der Waals surface area (Å²) in [5, 5.41) is 61.0. The van der Waals surface area contributed by atoms with Gasteiger partial charge in [0.15, 0.2) is 18.7 Å². The van der Waals surface area contributed by atoms with Crippen molar-refractivity contribution >= 4 is 45.7 Å². The molecule has 28 heteroatoms. The van der Waals surface area contributed by atoms with E-state index in [0.717, 1.165) is 12.8 Å². The van der Waals surface area contributed by atoms with E-state index in [9.17, 15) is 62.9 Å². The van der Waals surface area contributed by atoms with Crippen molar-refractivity contribution in [1.82, 2.24) is 10.2 Å². The standard InChI is InChI=1S/C40H71NO14.C17H18N2O6.C12H26O4S/c1-15-27-40(11,48)33(44)22(5)30(43)20(3)18-38(9,47)35(55-37-32(53-28(42)16-2)26(41(12)13)17-21(4)50-37)23(6)31(24(7)36(46)52-27)54-29-19-39(10,49-14)34(45)25(8)51-29;1-9-13(16(20)24-3)15(14(10(2)18-9)17(21)25-4)11-7-5-6-8-12(11)19(22)23;1-2-3-4-5-6-7-8-9-10-11-12-16-17(13,14)15/h20-27,29,31-35,37,44-45,47-48H,15-19H2,1-14H3;5-8,15,18H,1-4H3;2-12H2,1H3,(H,13,14,15). The van der Waals surface area contributed by atoms with Gasteiger partial charge >= 0.3 is 34.3 Å². The van der Waals surface area contributed by atoms with E-state index in [1.165, 1.54) is 105 Å². The molecule has 0 radical (unpaired) electrons. The number of ketones is 1. The number of nitrogens with zero attached hydrogens (tertiary/aromatic N) is 2. The molecule has 0 saturated carbocycles. The average molecular weight is 1400 g/mol. The maximum absolute atomic E-state index is 14.2. The molecule has 4 aliphatic heterocycles. The summed E-state index contributed by atoms with van der Waals surface area (Å²) in [6.45, 7) is 23.6. The Labute approximate surface area is 574 Å². The lowest BCUT2D eigenvalue weighted by molar-refractivity contribution is -0.385. The van der Waals surface area contributed by atoms with Crippen LogP contribution in [0.2, 0.25) is 0 Å². The Morgan fingerprint density at radius 1 is 0.773 bits per heavy atom. The molecule has 4 heterocycles. The van der Waals surface area contributed by atoms with E-state index < -0.39 is 147 Å². The number of dihydropyridines is 1. The summed E-state index contributed by atoms with van der Waals surface area (Å²) in [6.07, 6.45) is 2.17. The Bertz CT molecular complexity index is 2860. The Hall–Kier alpha value is -5.08. The number of Topliss-reactive ketones (excluding diaryl/α,β-unsaturated/α-hetero) is 1. The van der Waals surface area contributed by atoms with E-state index in [0.29, 0.717) is 24.2 Å². The fraction of sp³-hybridized carbons (Fsp3) is 0.783. The van der Waals surface area contributed by atoms with Gasteiger partial charge in [-0.3, -0.25) is 29.1 Å². The fourth-order valence-corrected chi connectivity index (χ4v) is 13.8. The van der Waals surface area contributed by atoms with Gasteiger partial charge < -0.3 is 73.3 Å². The maximum Gasteiger partial charge on any atom is 0.397 e. The number of likely N-dealkylation sites (N-methyl/N-ethyl adjacent to an activating group) is 1. The molecule has 0 aliphatic carbocycles. The summed E-state index contributed by atoms with van der Waals surface area (Å²) < 4.78 is 86.3. The molecule has 1 aromatic carbocycles. The lowest BCUT2D eigenvalue weighted by Crippen LogP contribution is -2.61. The first-order valence-electron chi connectivity index (χ1n) is 34.0. The van der Waals surface area contributed by atoms with Gasteiger partial charge in [0.25, 0.3) is 5.69 Å². The number of aliphatic hydroxyl groups excluding tert-OH is 2. The number of hydrogen-bond donors (Lipinski definition) is 6. The molecule has 1 aromatic rings. The van der Waals surface area contributed by atoms with Gasteiger partial charge in [-0.05, 0) is 95.2 Å². The van der Waals surface area contributed by atoms with Gasteiger partial charge in [0.1, 0.15) is 23.6 Å². The first-order valence-corrected chi connectivity index (χ1v) is 35.4. The number of aliphatic hydroxyl groups is 4. The van der Waals surface area contributed by atoms with Crippen LogP contribution in [0, 0.1) is 33.8 Å². The third-order valence-corrected chi connectivity index (χ3v) is 19.6. The molecule has 6 N–H and O–H groups in total. The SMILES string of the molecule is CCC(=O)OC1C(OC2C(C)C(OC3CC(C)(OC)C(O)C(C)O3)C(C)C(=O)OC(CC)C(C)(O)C(O)C(C)C(=O)C(C)CC2(C)O)OC(C)CC1N(C)C.CCCCCCCCCCCCOS(=O)(=O)O.COC(=O)C1=C(C)NC(C)=C(C(=O)OC)C1c1ccccc1[N+](=O)[O-]. The normalized spacial score (nSPS) is 32.5. The van der Waals surface area contributed by atoms with Crippen molar-refractivity contribution in [1.29, 1.82) is 0 Å². The van der Waals surface area contributed by atoms with Crippen molar-refractivity contribution < 1.29 is 109 Å². The van der Waals surface area contributed by atoms with Gasteiger partial charge in [-0.15, -0.1) is 0 Å². The van der Waals surface area contributed by atoms with Crippen molar-refractivity contribution in [3.05, 3.63) is 62.5 Å². The minimum atomic E-state index is -4.23. The molecule has 0 amide bonds. The van der Waals surface area contributed by atoms with Crippen LogP contribution in [0.1, 0.15) is 205 Å². The second kappa shape index (κ2) is 39.2. The zero-order valence-corrected chi connectivity index (χ0v) is 61.5. The summed E-state index contributed by atoms with van der Waals surface area (Å²) in [6, 6.07) is 5.65. The van der Waals surface area contributed by atoms with Gasteiger partial charge in [0, 0.05) is 60.7 Å². The average Bonchev–Trinajstić information content (AvgIpc) is 0.768. The molecule has 0 aromatic heterocycles. The minimum absolute atomic E-state index is 0.0760. The van der Waals surface area contributed by atoms with Gasteiger partial charge in [0.2, 0.25) is 0 Å². The number of carbonyl (C=O) groups excluding carboxylic acids is 5. The van der Waals surface area contributed by atoms with Gasteiger partial charge in [-0.25, -0.2) is 13.8 Å². The second-order valence-corrected chi connectivity index (χ2v) is 28.2. The van der Waals surface area contributed by atoms with E-state index in [1.807, 2.05) is 25.9 Å². The molecule has 27 nitrogen and oxygen atoms in total. The number of carbonyl (C=O) groups is 5. The van der Waals surface area contributed by atoms with Gasteiger partial charge in [0.05, 0.1) is 96.5 Å². The second-order valence-electron chi connectivity index (χ2n) is 27.2. The predicted octanol–water partition coefficient (Wildman–Crippen LogP) is 8.65. The summed E-state index contributed by atoms with van der Waals surface area (Å²) in [7, 11) is 3.39. The lowest BCUT2D eigenvalue weighted by Gasteiger charge is -2.49. The number of hydrogen-bond acceptors (Lipinski definition) is 25. The molecular weight excluding hydrogens is 1290 g/mol. The van der Waals surface area contributed by atoms with Crippen LogP contribution in [0.4, 0.5) is 5.69 Å². The van der Waals surface area contributed by atoms with Crippen LogP contribution < -0.4 is 5.32 Å². The Morgan fingerprint density at radius 3 is 1.81 bits per heavy atom. The molecule has 0 spiro atoms. The predicted molar refractivity (Wildman–Crippen MR) is 358 cm³/mol. The van der Waals surface area contributed by atoms with Crippen LogP contribution >= 0.6 is 0 Å². The van der Waals surface area contributed by atoms with Crippen LogP contribution in [0.25, 0.3) is 0 Å². The summed E-state index contributed by atoms with van der Waals surface area (Å²) in [5.41, 5.74) is -3.73. The number of cyclic esters (lactones) is 1. The van der Waals surface area contributed by atoms with Crippen molar-refractivity contribution in [2.24, 2.45) is 23.7 Å². The molecule has 97 heavy (non-hydrogen) atoms. The number of para-hydroxylation sites is 1. The van der Waals surface area contributed by atoms with E-state index in [4.69, 9.17) is 47.2 Å². The molecular formula is C69H115N3O24S. The third kappa shape index (κ3) is 24.0. The molecule has 0 bridgehead atoms. The number of unbranched alkanes of at least 4 members (excludes halogenated alkanes) is 9. The molecule has 18 unspecified atom stereocenters. The van der Waals surface area contributed by atoms with E-state index in [2.05, 4.69) is 16.4 Å². The highest BCUT2D eigenvalue weighted by atomic mass is 32.3. The number of benzene rings is 1. The van der Waals surface area contributed by atoms with Crippen molar-refractivity contribution in [3.8, 4) is 0 Å². The number of nitro benzene ring substituents is 1. The number of nitrogens with one attached hydrogen (secondary N) is 1. The topological polar surface area (TPSA) is 371 Å². The van der Waals surface area contributed by atoms with Crippen LogP contribution in [0.15, 0.2) is 46.8 Å². The molecule has 556 valence electrons. The van der Waals surface area contributed by atoms with E-state index >= 15 is 0 Å². The molecule has 18 atom stereocenters. The Morgan fingerprint density at radius 2 is 1.32 bits per heavy atom. The van der Waals surface area contributed by atoms with Crippen LogP contribution in [0.5, 0.6) is 0 Å². The first kappa shape index (κ1) is 86.1. The fourth-order valence-electron chi connectivity index (χ4n) is 13.5. The number of esters is 4. The molecule has 3 fully saturated rings. The highest BCUT2D eigenvalue weighted by Gasteiger charge is 2.54. The number of methoxy groups -OCH3 is 3. The Kier molecular flexibility index (Phi) is 34.8. The quantitative estimate of drug-likeness (QED) is 0.0133. The monoisotopic (exact) mass is 1400 g/mol. The number of allylic oxidation sites excluding steroid dienone is 2. The Balaban J connectivity index is 0.000000475. The number of ether oxygens (including phenoxy) is 9. The number of nitro groups is 1. The van der Waals surface area contributed by atoms with Crippen LogP contribution in [0.3, 0.4) is 0 Å². The van der Waals surface area contributed by atoms with Crippen molar-refractivity contribution in [2.45, 2.75) is 283 Å². The molecule has 5 rings (SSSR count). The smallest absolute Gasteiger partial charge is 0.397 e. The molecule has 3 saturated heterocycles.